The highest BCUT2D eigenvalue weighted by molar-refractivity contribution is 6.06. The molecule has 2 aliphatic carbocycles. The number of carbonyl (C=O) groups excluding carboxylic acids is 1. The van der Waals surface area contributed by atoms with E-state index >= 15 is 0 Å². The van der Waals surface area contributed by atoms with Crippen molar-refractivity contribution in [2.45, 2.75) is 25.3 Å². The van der Waals surface area contributed by atoms with Crippen molar-refractivity contribution in [3.05, 3.63) is 35.9 Å². The third-order valence-electron chi connectivity index (χ3n) is 6.16. The summed E-state index contributed by atoms with van der Waals surface area (Å²) >= 11 is 0. The molecule has 2 aliphatic heterocycles. The zero-order chi connectivity index (χ0) is 15.0. The van der Waals surface area contributed by atoms with E-state index in [9.17, 15) is 14.7 Å². The highest BCUT2D eigenvalue weighted by atomic mass is 16.4. The second kappa shape index (κ2) is 4.00. The smallest absolute Gasteiger partial charge is 0.310 e. The molecule has 1 saturated heterocycles. The van der Waals surface area contributed by atoms with Crippen molar-refractivity contribution in [2.75, 3.05) is 4.90 Å². The molecular weight excluding hydrogens is 278 g/mol. The maximum absolute atomic E-state index is 12.7. The number of hydrogen-bond acceptors (Lipinski definition) is 2. The maximum atomic E-state index is 12.7. The highest BCUT2D eigenvalue weighted by Crippen LogP contribution is 2.59. The SMILES string of the molecule is O=C(O)[C@@H]1C=C2c3ccccc3N3C(=O)C[C@H]4CC[C@@H]1[C@H]4[C@H]23. The fraction of sp³-hybridized carbons (Fsp3) is 0.444. The number of carboxylic acids is 1. The Hall–Kier alpha value is -2.10. The van der Waals surface area contributed by atoms with Gasteiger partial charge in [0.25, 0.3) is 0 Å². The van der Waals surface area contributed by atoms with E-state index in [1.165, 1.54) is 0 Å². The first-order chi connectivity index (χ1) is 10.7. The molecule has 1 aromatic rings. The number of carbonyl (C=O) groups is 2. The van der Waals surface area contributed by atoms with Crippen LogP contribution in [-0.2, 0) is 9.59 Å². The van der Waals surface area contributed by atoms with Gasteiger partial charge in [0, 0.05) is 12.0 Å². The molecule has 1 N–H and O–H groups in total. The summed E-state index contributed by atoms with van der Waals surface area (Å²) in [4.78, 5) is 26.4. The van der Waals surface area contributed by atoms with E-state index in [-0.39, 0.29) is 17.9 Å². The van der Waals surface area contributed by atoms with Crippen LogP contribution in [0.4, 0.5) is 5.69 Å². The van der Waals surface area contributed by atoms with Crippen molar-refractivity contribution < 1.29 is 14.7 Å². The Morgan fingerprint density at radius 3 is 2.86 bits per heavy atom. The average molecular weight is 295 g/mol. The van der Waals surface area contributed by atoms with Gasteiger partial charge in [0.2, 0.25) is 5.91 Å². The van der Waals surface area contributed by atoms with Gasteiger partial charge in [-0.2, -0.15) is 0 Å². The number of hydrogen-bond donors (Lipinski definition) is 1. The van der Waals surface area contributed by atoms with Gasteiger partial charge in [-0.3, -0.25) is 9.59 Å². The van der Waals surface area contributed by atoms with E-state index in [4.69, 9.17) is 0 Å². The van der Waals surface area contributed by atoms with Gasteiger partial charge in [0.15, 0.2) is 0 Å². The molecule has 1 saturated carbocycles. The molecule has 0 unspecified atom stereocenters. The molecule has 1 amide bonds. The molecule has 5 atom stereocenters. The molecule has 2 fully saturated rings. The zero-order valence-corrected chi connectivity index (χ0v) is 12.1. The standard InChI is InChI=1S/C18H17NO3/c20-15-7-9-5-6-11-13(18(21)22)8-12-10-3-1-2-4-14(10)19(15)17(12)16(9)11/h1-4,8-9,11,13,16-17H,5-7H2,(H,21,22)/t9-,11+,13-,16+,17+/m1/s1. The van der Waals surface area contributed by atoms with Crippen LogP contribution in [0.2, 0.25) is 0 Å². The van der Waals surface area contributed by atoms with Crippen molar-refractivity contribution in [1.29, 1.82) is 0 Å². The van der Waals surface area contributed by atoms with Crippen molar-refractivity contribution in [2.24, 2.45) is 23.7 Å². The summed E-state index contributed by atoms with van der Waals surface area (Å²) in [6.45, 7) is 0. The Labute approximate surface area is 128 Å². The number of carboxylic acid groups (broad SMARTS) is 1. The van der Waals surface area contributed by atoms with Crippen LogP contribution in [0.3, 0.4) is 0 Å². The largest absolute Gasteiger partial charge is 0.481 e. The predicted octanol–water partition coefficient (Wildman–Crippen LogP) is 2.55. The number of para-hydroxylation sites is 1. The van der Waals surface area contributed by atoms with Gasteiger partial charge in [-0.25, -0.2) is 0 Å². The Morgan fingerprint density at radius 2 is 2.05 bits per heavy atom. The van der Waals surface area contributed by atoms with Gasteiger partial charge in [-0.1, -0.05) is 24.3 Å². The molecule has 0 aromatic heterocycles. The summed E-state index contributed by atoms with van der Waals surface area (Å²) < 4.78 is 0. The third-order valence-corrected chi connectivity index (χ3v) is 6.16. The van der Waals surface area contributed by atoms with E-state index in [0.717, 1.165) is 29.7 Å². The molecule has 22 heavy (non-hydrogen) atoms. The minimum Gasteiger partial charge on any atom is -0.481 e. The van der Waals surface area contributed by atoms with Gasteiger partial charge >= 0.3 is 5.97 Å². The summed E-state index contributed by atoms with van der Waals surface area (Å²) in [7, 11) is 0. The van der Waals surface area contributed by atoms with Crippen molar-refractivity contribution in [1.82, 2.24) is 0 Å². The van der Waals surface area contributed by atoms with Crippen LogP contribution in [0.5, 0.6) is 0 Å². The van der Waals surface area contributed by atoms with Crippen molar-refractivity contribution in [3.63, 3.8) is 0 Å². The van der Waals surface area contributed by atoms with Gasteiger partial charge in [0.05, 0.1) is 17.6 Å². The third kappa shape index (κ3) is 1.33. The minimum atomic E-state index is -0.718. The van der Waals surface area contributed by atoms with E-state index in [0.29, 0.717) is 18.3 Å². The highest BCUT2D eigenvalue weighted by Gasteiger charge is 2.58. The first-order valence-electron chi connectivity index (χ1n) is 8.03. The molecule has 4 heteroatoms. The van der Waals surface area contributed by atoms with Crippen LogP contribution < -0.4 is 4.90 Å². The lowest BCUT2D eigenvalue weighted by Crippen LogP contribution is -2.53. The molecule has 4 nitrogen and oxygen atoms in total. The maximum Gasteiger partial charge on any atom is 0.310 e. The Kier molecular flexibility index (Phi) is 2.26. The fourth-order valence-electron chi connectivity index (χ4n) is 5.42. The Morgan fingerprint density at radius 1 is 1.23 bits per heavy atom. The predicted molar refractivity (Wildman–Crippen MR) is 81.1 cm³/mol. The summed E-state index contributed by atoms with van der Waals surface area (Å²) in [5.41, 5.74) is 3.10. The zero-order valence-electron chi connectivity index (χ0n) is 12.1. The molecule has 0 bridgehead atoms. The van der Waals surface area contributed by atoms with Crippen LogP contribution >= 0.6 is 0 Å². The van der Waals surface area contributed by atoms with Crippen LogP contribution in [-0.4, -0.2) is 23.0 Å². The average Bonchev–Trinajstić information content (AvgIpc) is 3.05. The van der Waals surface area contributed by atoms with Crippen LogP contribution in [0, 0.1) is 23.7 Å². The van der Waals surface area contributed by atoms with Gasteiger partial charge in [-0.15, -0.1) is 0 Å². The second-order valence-corrected chi connectivity index (χ2v) is 6.99. The van der Waals surface area contributed by atoms with Crippen LogP contribution in [0.25, 0.3) is 5.57 Å². The van der Waals surface area contributed by atoms with Crippen LogP contribution in [0.1, 0.15) is 24.8 Å². The van der Waals surface area contributed by atoms with Gasteiger partial charge < -0.3 is 10.0 Å². The quantitative estimate of drug-likeness (QED) is 0.866. The first-order valence-corrected chi connectivity index (χ1v) is 8.03. The second-order valence-electron chi connectivity index (χ2n) is 6.99. The molecule has 2 heterocycles. The number of benzene rings is 1. The normalized spacial score (nSPS) is 37.6. The molecule has 5 rings (SSSR count). The molecule has 0 radical (unpaired) electrons. The van der Waals surface area contributed by atoms with Gasteiger partial charge in [-0.05, 0) is 42.2 Å². The summed E-state index contributed by atoms with van der Waals surface area (Å²) in [6.07, 6.45) is 4.44. The summed E-state index contributed by atoms with van der Waals surface area (Å²) in [6, 6.07) is 8.02. The minimum absolute atomic E-state index is 0.0757. The number of piperidine rings is 1. The van der Waals surface area contributed by atoms with E-state index in [2.05, 4.69) is 0 Å². The van der Waals surface area contributed by atoms with E-state index < -0.39 is 11.9 Å². The number of aliphatic carboxylic acids is 1. The molecular formula is C18H17NO3. The fourth-order valence-corrected chi connectivity index (χ4v) is 5.42. The molecule has 4 aliphatic rings. The van der Waals surface area contributed by atoms with Gasteiger partial charge in [0.1, 0.15) is 0 Å². The number of anilines is 1. The molecule has 1 aromatic carbocycles. The topological polar surface area (TPSA) is 57.6 Å². The lowest BCUT2D eigenvalue weighted by Gasteiger charge is -2.45. The van der Waals surface area contributed by atoms with Crippen LogP contribution in [0.15, 0.2) is 30.3 Å². The lowest BCUT2D eigenvalue weighted by molar-refractivity contribution is -0.142. The van der Waals surface area contributed by atoms with E-state index in [1.54, 1.807) is 0 Å². The monoisotopic (exact) mass is 295 g/mol. The number of fused-ring (bicyclic) bond motifs is 3. The van der Waals surface area contributed by atoms with Crippen molar-refractivity contribution >= 4 is 23.1 Å². The Bertz CT molecular complexity index is 738. The van der Waals surface area contributed by atoms with Crippen molar-refractivity contribution in [3.8, 4) is 0 Å². The lowest BCUT2D eigenvalue weighted by atomic mass is 9.67. The number of amides is 1. The number of nitrogens with zero attached hydrogens (tertiary/aromatic N) is 1. The number of rotatable bonds is 1. The molecule has 112 valence electrons. The Balaban J connectivity index is 1.76. The summed E-state index contributed by atoms with van der Waals surface area (Å²) in [5, 5.41) is 9.65. The molecule has 0 spiro atoms. The first kappa shape index (κ1) is 12.4. The summed E-state index contributed by atoms with van der Waals surface area (Å²) in [5.74, 6) is -0.0608. The van der Waals surface area contributed by atoms with E-state index in [1.807, 2.05) is 35.2 Å².